The van der Waals surface area contributed by atoms with E-state index in [0.717, 1.165) is 31.5 Å². The number of amides is 1. The van der Waals surface area contributed by atoms with Crippen molar-refractivity contribution in [2.45, 2.75) is 19.4 Å². The molecule has 0 aliphatic carbocycles. The molecule has 0 unspecified atom stereocenters. The van der Waals surface area contributed by atoms with E-state index in [0.29, 0.717) is 22.0 Å². The number of ether oxygens (including phenoxy) is 1. The van der Waals surface area contributed by atoms with Gasteiger partial charge in [0.25, 0.3) is 11.5 Å². The minimum absolute atomic E-state index is 0.0422. The van der Waals surface area contributed by atoms with Gasteiger partial charge in [0.2, 0.25) is 0 Å². The lowest BCUT2D eigenvalue weighted by Crippen LogP contribution is -2.27. The van der Waals surface area contributed by atoms with E-state index < -0.39 is 5.97 Å². The molecule has 0 radical (unpaired) electrons. The highest BCUT2D eigenvalue weighted by Gasteiger charge is 2.19. The maximum absolute atomic E-state index is 13.0. The fourth-order valence-corrected chi connectivity index (χ4v) is 3.94. The highest BCUT2D eigenvalue weighted by molar-refractivity contribution is 7.71. The zero-order valence-corrected chi connectivity index (χ0v) is 17.3. The summed E-state index contributed by atoms with van der Waals surface area (Å²) < 4.78 is 6.44. The summed E-state index contributed by atoms with van der Waals surface area (Å²) in [7, 11) is 1.30. The Labute approximate surface area is 177 Å². The van der Waals surface area contributed by atoms with E-state index in [1.807, 2.05) is 17.0 Å². The van der Waals surface area contributed by atoms with E-state index in [2.05, 4.69) is 4.98 Å². The van der Waals surface area contributed by atoms with Gasteiger partial charge in [-0.2, -0.15) is 0 Å². The summed E-state index contributed by atoms with van der Waals surface area (Å²) in [5, 5.41) is 0.428. The van der Waals surface area contributed by atoms with Crippen LogP contribution in [0.5, 0.6) is 0 Å². The van der Waals surface area contributed by atoms with Crippen LogP contribution in [0.3, 0.4) is 0 Å². The summed E-state index contributed by atoms with van der Waals surface area (Å²) in [4.78, 5) is 42.0. The standard InChI is InChI=1S/C22H21N3O4S/c1-29-21(28)16-8-9-17-18(12-16)23-22(30)25(20(17)27)13-14-4-6-15(7-5-14)19(26)24-10-2-3-11-24/h4-9,12H,2-3,10-11,13H2,1H3,(H,23,30). The first-order chi connectivity index (χ1) is 14.5. The van der Waals surface area contributed by atoms with Crippen LogP contribution in [0, 0.1) is 4.77 Å². The van der Waals surface area contributed by atoms with E-state index >= 15 is 0 Å². The van der Waals surface area contributed by atoms with Crippen LogP contribution in [0.2, 0.25) is 0 Å². The van der Waals surface area contributed by atoms with Crippen molar-refractivity contribution in [3.63, 3.8) is 0 Å². The predicted octanol–water partition coefficient (Wildman–Crippen LogP) is 3.13. The van der Waals surface area contributed by atoms with Crippen molar-refractivity contribution in [3.05, 3.63) is 74.3 Å². The molecular formula is C22H21N3O4S. The average Bonchev–Trinajstić information content (AvgIpc) is 3.30. The molecular weight excluding hydrogens is 402 g/mol. The highest BCUT2D eigenvalue weighted by atomic mass is 32.1. The molecule has 7 nitrogen and oxygen atoms in total. The van der Waals surface area contributed by atoms with E-state index in [9.17, 15) is 14.4 Å². The Morgan fingerprint density at radius 1 is 1.07 bits per heavy atom. The van der Waals surface area contributed by atoms with Gasteiger partial charge in [-0.15, -0.1) is 0 Å². The lowest BCUT2D eigenvalue weighted by atomic mass is 10.1. The molecule has 3 aromatic rings. The van der Waals surface area contributed by atoms with Crippen LogP contribution in [0.25, 0.3) is 10.9 Å². The highest BCUT2D eigenvalue weighted by Crippen LogP contribution is 2.15. The molecule has 1 aliphatic rings. The summed E-state index contributed by atoms with van der Waals surface area (Å²) in [5.41, 5.74) is 2.08. The summed E-state index contributed by atoms with van der Waals surface area (Å²) in [6.07, 6.45) is 2.10. The van der Waals surface area contributed by atoms with Gasteiger partial charge in [-0.1, -0.05) is 12.1 Å². The van der Waals surface area contributed by atoms with Crippen LogP contribution in [0.1, 0.15) is 39.1 Å². The van der Waals surface area contributed by atoms with Gasteiger partial charge in [-0.05, 0) is 61.0 Å². The minimum Gasteiger partial charge on any atom is -0.465 e. The lowest BCUT2D eigenvalue weighted by Gasteiger charge is -2.15. The third kappa shape index (κ3) is 3.78. The SMILES string of the molecule is COC(=O)c1ccc2c(=O)n(Cc3ccc(C(=O)N4CCCC4)cc3)c(=S)[nH]c2c1. The number of likely N-dealkylation sites (tertiary alicyclic amines) is 1. The number of rotatable bonds is 4. The maximum Gasteiger partial charge on any atom is 0.337 e. The fourth-order valence-electron chi connectivity index (χ4n) is 3.68. The number of hydrogen-bond acceptors (Lipinski definition) is 5. The monoisotopic (exact) mass is 423 g/mol. The third-order valence-electron chi connectivity index (χ3n) is 5.34. The second kappa shape index (κ2) is 8.23. The van der Waals surface area contributed by atoms with E-state index in [4.69, 9.17) is 17.0 Å². The van der Waals surface area contributed by atoms with E-state index in [1.165, 1.54) is 11.7 Å². The van der Waals surface area contributed by atoms with Crippen LogP contribution < -0.4 is 5.56 Å². The van der Waals surface area contributed by atoms with Gasteiger partial charge in [0.1, 0.15) is 0 Å². The summed E-state index contributed by atoms with van der Waals surface area (Å²) in [6, 6.07) is 12.0. The Bertz CT molecular complexity index is 1240. The molecule has 0 spiro atoms. The Morgan fingerprint density at radius 2 is 1.73 bits per heavy atom. The zero-order valence-electron chi connectivity index (χ0n) is 16.5. The van der Waals surface area contributed by atoms with Crippen molar-refractivity contribution in [2.24, 2.45) is 0 Å². The van der Waals surface area contributed by atoms with Crippen molar-refractivity contribution in [3.8, 4) is 0 Å². The van der Waals surface area contributed by atoms with Crippen LogP contribution in [-0.4, -0.2) is 46.5 Å². The molecule has 1 aromatic heterocycles. The van der Waals surface area contributed by atoms with Crippen molar-refractivity contribution in [1.82, 2.24) is 14.5 Å². The molecule has 1 amide bonds. The molecule has 4 rings (SSSR count). The van der Waals surface area contributed by atoms with Gasteiger partial charge >= 0.3 is 5.97 Å². The van der Waals surface area contributed by atoms with Crippen molar-refractivity contribution < 1.29 is 14.3 Å². The minimum atomic E-state index is -0.482. The summed E-state index contributed by atoms with van der Waals surface area (Å²) >= 11 is 5.37. The third-order valence-corrected chi connectivity index (χ3v) is 5.66. The number of benzene rings is 2. The molecule has 1 aliphatic heterocycles. The van der Waals surface area contributed by atoms with Crippen LogP contribution in [0.15, 0.2) is 47.3 Å². The predicted molar refractivity (Wildman–Crippen MR) is 115 cm³/mol. The second-order valence-corrected chi connectivity index (χ2v) is 7.66. The van der Waals surface area contributed by atoms with Gasteiger partial charge in [-0.3, -0.25) is 14.2 Å². The zero-order chi connectivity index (χ0) is 21.3. The number of methoxy groups -OCH3 is 1. The summed E-state index contributed by atoms with van der Waals surface area (Å²) in [5.74, 6) is -0.440. The largest absolute Gasteiger partial charge is 0.465 e. The molecule has 2 heterocycles. The first-order valence-electron chi connectivity index (χ1n) is 9.71. The van der Waals surface area contributed by atoms with Gasteiger partial charge in [0.05, 0.1) is 30.1 Å². The molecule has 0 saturated carbocycles. The normalized spacial score (nSPS) is 13.6. The molecule has 2 aromatic carbocycles. The topological polar surface area (TPSA) is 84.4 Å². The van der Waals surface area contributed by atoms with Gasteiger partial charge < -0.3 is 14.6 Å². The number of nitrogens with zero attached hydrogens (tertiary/aromatic N) is 2. The Hall–Kier alpha value is -3.26. The molecule has 1 saturated heterocycles. The Kier molecular flexibility index (Phi) is 5.50. The molecule has 30 heavy (non-hydrogen) atoms. The molecule has 0 atom stereocenters. The number of aromatic amines is 1. The quantitative estimate of drug-likeness (QED) is 0.515. The number of hydrogen-bond donors (Lipinski definition) is 1. The van der Waals surface area contributed by atoms with Crippen molar-refractivity contribution in [1.29, 1.82) is 0 Å². The lowest BCUT2D eigenvalue weighted by molar-refractivity contribution is 0.0600. The number of carbonyl (C=O) groups is 2. The maximum atomic E-state index is 13.0. The molecule has 154 valence electrons. The number of aromatic nitrogens is 2. The number of fused-ring (bicyclic) bond motifs is 1. The van der Waals surface area contributed by atoms with E-state index in [1.54, 1.807) is 30.3 Å². The molecule has 8 heteroatoms. The molecule has 1 N–H and O–H groups in total. The molecule has 0 bridgehead atoms. The average molecular weight is 423 g/mol. The van der Waals surface area contributed by atoms with Crippen molar-refractivity contribution >= 4 is 35.0 Å². The van der Waals surface area contributed by atoms with Crippen LogP contribution >= 0.6 is 12.2 Å². The number of nitrogens with one attached hydrogen (secondary N) is 1. The Morgan fingerprint density at radius 3 is 2.40 bits per heavy atom. The van der Waals surface area contributed by atoms with Crippen molar-refractivity contribution in [2.75, 3.05) is 20.2 Å². The smallest absolute Gasteiger partial charge is 0.337 e. The van der Waals surface area contributed by atoms with Gasteiger partial charge in [0, 0.05) is 18.7 Å². The molecule has 1 fully saturated rings. The second-order valence-electron chi connectivity index (χ2n) is 7.27. The fraction of sp³-hybridized carbons (Fsp3) is 0.273. The van der Waals surface area contributed by atoms with Gasteiger partial charge in [-0.25, -0.2) is 4.79 Å². The first kappa shape index (κ1) is 20.0. The number of esters is 1. The number of H-pyrrole nitrogens is 1. The van der Waals surface area contributed by atoms with Crippen LogP contribution in [-0.2, 0) is 11.3 Å². The van der Waals surface area contributed by atoms with E-state index in [-0.39, 0.29) is 22.8 Å². The first-order valence-corrected chi connectivity index (χ1v) is 10.1. The summed E-state index contributed by atoms with van der Waals surface area (Å²) in [6.45, 7) is 1.89. The van der Waals surface area contributed by atoms with Gasteiger partial charge in [0.15, 0.2) is 4.77 Å². The number of carbonyl (C=O) groups excluding carboxylic acids is 2. The van der Waals surface area contributed by atoms with Crippen LogP contribution in [0.4, 0.5) is 0 Å². The Balaban J connectivity index is 1.62.